The zero-order valence-corrected chi connectivity index (χ0v) is 24.7. The van der Waals surface area contributed by atoms with Crippen LogP contribution in [0.1, 0.15) is 46.3 Å². The first-order chi connectivity index (χ1) is 21.3. The Balaban J connectivity index is 1.31. The Morgan fingerprint density at radius 2 is 1.80 bits per heavy atom. The first kappa shape index (κ1) is 34.3. The molecule has 0 aromatic carbocycles. The van der Waals surface area contributed by atoms with Gasteiger partial charge in [0.2, 0.25) is 0 Å². The maximum Gasteiger partial charge on any atom is 0.330 e. The number of aromatic nitrogens is 4. The lowest BCUT2D eigenvalue weighted by atomic mass is 10.0. The quantitative estimate of drug-likeness (QED) is 0.123. The number of carbonyl (C=O) groups is 3. The van der Waals surface area contributed by atoms with Crippen LogP contribution in [0.2, 0.25) is 0 Å². The highest BCUT2D eigenvalue weighted by atomic mass is 16.7. The van der Waals surface area contributed by atoms with Crippen molar-refractivity contribution >= 4 is 35.0 Å². The van der Waals surface area contributed by atoms with Gasteiger partial charge in [-0.15, -0.1) is 0 Å². The largest absolute Gasteiger partial charge is 0.480 e. The molecule has 45 heavy (non-hydrogen) atoms. The molecule has 2 saturated heterocycles. The van der Waals surface area contributed by atoms with Crippen molar-refractivity contribution in [3.63, 3.8) is 0 Å². The first-order valence-corrected chi connectivity index (χ1v) is 14.3. The number of anilines is 1. The number of aliphatic carboxylic acids is 1. The molecule has 11 atom stereocenters. The van der Waals surface area contributed by atoms with Gasteiger partial charge in [0.1, 0.15) is 36.8 Å². The van der Waals surface area contributed by atoms with Crippen molar-refractivity contribution < 1.29 is 64.0 Å². The zero-order valence-electron chi connectivity index (χ0n) is 24.7. The molecule has 0 saturated carbocycles. The van der Waals surface area contributed by atoms with E-state index in [2.05, 4.69) is 25.6 Å². The van der Waals surface area contributed by atoms with Crippen molar-refractivity contribution in [3.05, 3.63) is 12.7 Å². The van der Waals surface area contributed by atoms with Crippen LogP contribution in [-0.4, -0.2) is 136 Å². The molecular weight excluding hydrogens is 604 g/mol. The van der Waals surface area contributed by atoms with E-state index in [1.165, 1.54) is 17.8 Å². The van der Waals surface area contributed by atoms with E-state index in [0.717, 1.165) is 6.33 Å². The Morgan fingerprint density at radius 1 is 1.07 bits per heavy atom. The summed E-state index contributed by atoms with van der Waals surface area (Å²) in [6.07, 6.45) is -8.32. The summed E-state index contributed by atoms with van der Waals surface area (Å²) in [7, 11) is 0. The number of hydrogen-bond donors (Lipinski definition) is 8. The highest BCUT2D eigenvalue weighted by Gasteiger charge is 2.40. The molecule has 0 aliphatic carbocycles. The number of nitrogens with one attached hydrogen (secondary N) is 2. The topological polar surface area (TPSA) is 277 Å². The predicted octanol–water partition coefficient (Wildman–Crippen LogP) is -2.01. The summed E-state index contributed by atoms with van der Waals surface area (Å²) in [4.78, 5) is 49.3. The number of nitrogens with zero attached hydrogens (tertiary/aromatic N) is 4. The van der Waals surface area contributed by atoms with Crippen LogP contribution in [0.25, 0.3) is 11.2 Å². The molecule has 2 aromatic heterocycles. The molecule has 8 N–H and O–H groups in total. The molecule has 4 rings (SSSR count). The molecular formula is C26H38N6O13. The smallest absolute Gasteiger partial charge is 0.330 e. The fraction of sp³-hybridized carbons (Fsp3) is 0.692. The van der Waals surface area contributed by atoms with E-state index in [9.17, 15) is 45.0 Å². The van der Waals surface area contributed by atoms with Gasteiger partial charge in [-0.25, -0.2) is 24.5 Å². The number of imidazole rings is 1. The normalized spacial score (nSPS) is 30.7. The Bertz CT molecular complexity index is 1350. The maximum absolute atomic E-state index is 12.8. The zero-order chi connectivity index (χ0) is 33.0. The number of carbonyl (C=O) groups excluding carboxylic acids is 2. The van der Waals surface area contributed by atoms with Gasteiger partial charge >= 0.3 is 18.0 Å². The molecule has 19 nitrogen and oxygen atoms in total. The van der Waals surface area contributed by atoms with Gasteiger partial charge in [0.05, 0.1) is 31.2 Å². The van der Waals surface area contributed by atoms with Crippen LogP contribution in [0, 0.1) is 0 Å². The summed E-state index contributed by atoms with van der Waals surface area (Å²) in [6.45, 7) is 4.32. The third-order valence-electron chi connectivity index (χ3n) is 7.49. The number of aliphatic hydroxyl groups is 5. The molecule has 4 heterocycles. The molecule has 0 unspecified atom stereocenters. The van der Waals surface area contributed by atoms with Gasteiger partial charge in [-0.2, -0.15) is 0 Å². The molecule has 2 fully saturated rings. The Kier molecular flexibility index (Phi) is 11.2. The number of carboxylic acids is 1. The van der Waals surface area contributed by atoms with Crippen LogP contribution in [-0.2, 0) is 28.5 Å². The number of esters is 1. The van der Waals surface area contributed by atoms with Crippen LogP contribution in [0.15, 0.2) is 12.7 Å². The number of urea groups is 1. The van der Waals surface area contributed by atoms with E-state index in [1.54, 1.807) is 13.8 Å². The molecule has 2 amide bonds. The van der Waals surface area contributed by atoms with E-state index >= 15 is 0 Å². The van der Waals surface area contributed by atoms with Gasteiger partial charge in [0, 0.05) is 12.8 Å². The van der Waals surface area contributed by atoms with Gasteiger partial charge in [0.25, 0.3) is 0 Å². The molecule has 2 aliphatic rings. The molecule has 19 heteroatoms. The van der Waals surface area contributed by atoms with Crippen LogP contribution >= 0.6 is 0 Å². The second-order valence-corrected chi connectivity index (χ2v) is 11.0. The van der Waals surface area contributed by atoms with E-state index in [0.29, 0.717) is 0 Å². The van der Waals surface area contributed by atoms with Crippen molar-refractivity contribution in [3.8, 4) is 0 Å². The highest BCUT2D eigenvalue weighted by Crippen LogP contribution is 2.28. The van der Waals surface area contributed by atoms with E-state index < -0.39 is 85.4 Å². The molecule has 0 bridgehead atoms. The summed E-state index contributed by atoms with van der Waals surface area (Å²) in [5, 5.41) is 64.2. The number of amides is 2. The van der Waals surface area contributed by atoms with Crippen LogP contribution in [0.4, 0.5) is 10.6 Å². The Hall–Kier alpha value is -3.56. The van der Waals surface area contributed by atoms with Crippen molar-refractivity contribution in [2.75, 3.05) is 11.9 Å². The second kappa shape index (κ2) is 14.7. The van der Waals surface area contributed by atoms with Gasteiger partial charge in [-0.1, -0.05) is 0 Å². The highest BCUT2D eigenvalue weighted by molar-refractivity contribution is 5.97. The Labute approximate surface area is 256 Å². The number of carboxylic acid groups (broad SMARTS) is 1. The van der Waals surface area contributed by atoms with E-state index in [-0.39, 0.29) is 42.9 Å². The number of fused-ring (bicyclic) bond motifs is 1. The minimum Gasteiger partial charge on any atom is -0.480 e. The number of rotatable bonds is 11. The third kappa shape index (κ3) is 8.19. The summed E-state index contributed by atoms with van der Waals surface area (Å²) in [6, 6.07) is -2.67. The molecule has 2 aliphatic heterocycles. The monoisotopic (exact) mass is 642 g/mol. The Morgan fingerprint density at radius 3 is 2.51 bits per heavy atom. The molecule has 0 radical (unpaired) electrons. The first-order valence-electron chi connectivity index (χ1n) is 14.3. The van der Waals surface area contributed by atoms with Gasteiger partial charge < -0.3 is 54.9 Å². The average molecular weight is 643 g/mol. The van der Waals surface area contributed by atoms with Crippen LogP contribution in [0.3, 0.4) is 0 Å². The molecule has 2 aromatic rings. The van der Waals surface area contributed by atoms with Crippen molar-refractivity contribution in [1.29, 1.82) is 0 Å². The minimum atomic E-state index is -1.66. The van der Waals surface area contributed by atoms with Gasteiger partial charge in [0.15, 0.2) is 35.5 Å². The maximum atomic E-state index is 12.8. The SMILES string of the molecule is C[C@H](CCC(=O)O[C@H](C)[C@H](NC(=O)Nc1ncnc2c1ncn2[C@H]1OC[C@@H](O)[C@H](O)[C@H]1O)C(=O)O)O[C@@H]1O[C@@H](C)[C@H](O)C[C@H]1O. The standard InChI is InChI=1S/C26H38N6O13/c1-10(43-25-14(34)6-13(33)11(2)45-25)4-5-16(36)44-12(3)17(24(39)40)30-26(41)31-21-18-22(28-8-27-21)32(9-29-18)23-20(38)19(37)15(35)7-42-23/h8-15,17,19-20,23,25,33-35,37-38H,4-7H2,1-3H3,(H,39,40)(H2,27,28,30,31,41)/t10-,11+,12-,13-,14-,15-,17+,19+,20-,23+,25-/m1/s1. The van der Waals surface area contributed by atoms with Crippen molar-refractivity contribution in [2.24, 2.45) is 0 Å². The third-order valence-corrected chi connectivity index (χ3v) is 7.49. The number of hydrogen-bond acceptors (Lipinski definition) is 15. The van der Waals surface area contributed by atoms with Gasteiger partial charge in [-0.3, -0.25) is 14.7 Å². The minimum absolute atomic E-state index is 0.0449. The lowest BCUT2D eigenvalue weighted by molar-refractivity contribution is -0.273. The van der Waals surface area contributed by atoms with Crippen LogP contribution < -0.4 is 10.6 Å². The summed E-state index contributed by atoms with van der Waals surface area (Å²) in [5.41, 5.74) is 0.142. The van der Waals surface area contributed by atoms with Crippen molar-refractivity contribution in [2.45, 2.75) is 107 Å². The number of ether oxygens (including phenoxy) is 4. The predicted molar refractivity (Wildman–Crippen MR) is 148 cm³/mol. The lowest BCUT2D eigenvalue weighted by Crippen LogP contribution is -2.50. The van der Waals surface area contributed by atoms with Crippen molar-refractivity contribution in [1.82, 2.24) is 24.8 Å². The number of aliphatic hydroxyl groups excluding tert-OH is 5. The van der Waals surface area contributed by atoms with E-state index in [4.69, 9.17) is 18.9 Å². The summed E-state index contributed by atoms with van der Waals surface area (Å²) >= 11 is 0. The van der Waals surface area contributed by atoms with E-state index in [1.807, 2.05) is 0 Å². The average Bonchev–Trinajstić information content (AvgIpc) is 3.41. The second-order valence-electron chi connectivity index (χ2n) is 11.0. The summed E-state index contributed by atoms with van der Waals surface area (Å²) in [5.74, 6) is -2.36. The van der Waals surface area contributed by atoms with Crippen LogP contribution in [0.5, 0.6) is 0 Å². The van der Waals surface area contributed by atoms with Gasteiger partial charge in [-0.05, 0) is 27.2 Å². The summed E-state index contributed by atoms with van der Waals surface area (Å²) < 4.78 is 23.0. The fourth-order valence-corrected chi connectivity index (χ4v) is 4.85. The lowest BCUT2D eigenvalue weighted by Gasteiger charge is -2.36. The fourth-order valence-electron chi connectivity index (χ4n) is 4.85. The molecule has 250 valence electrons. The molecule has 0 spiro atoms.